The molecule has 0 spiro atoms. The van der Waals surface area contributed by atoms with Gasteiger partial charge >= 0.3 is 0 Å². The summed E-state index contributed by atoms with van der Waals surface area (Å²) in [6.07, 6.45) is 7.37. The molecule has 3 N–H and O–H groups in total. The van der Waals surface area contributed by atoms with E-state index < -0.39 is 6.04 Å². The lowest BCUT2D eigenvalue weighted by Gasteiger charge is -2.54. The fraction of sp³-hybridized carbons (Fsp3) is 0.632. The quantitative estimate of drug-likeness (QED) is 0.897. The Labute approximate surface area is 132 Å². The first-order valence-corrected chi connectivity index (χ1v) is 8.79. The third kappa shape index (κ3) is 2.67. The van der Waals surface area contributed by atoms with Gasteiger partial charge in [-0.3, -0.25) is 4.79 Å². The van der Waals surface area contributed by atoms with Gasteiger partial charge in [0, 0.05) is 6.04 Å². The van der Waals surface area contributed by atoms with Crippen molar-refractivity contribution in [3.8, 4) is 0 Å². The minimum Gasteiger partial charge on any atom is -0.351 e. The number of nitrogens with two attached hydrogens (primary N) is 1. The second-order valence-corrected chi connectivity index (χ2v) is 7.76. The van der Waals surface area contributed by atoms with Crippen LogP contribution in [0.3, 0.4) is 0 Å². The number of amides is 1. The van der Waals surface area contributed by atoms with E-state index in [9.17, 15) is 4.79 Å². The Kier molecular flexibility index (Phi) is 3.69. The monoisotopic (exact) mass is 298 g/mol. The smallest absolute Gasteiger partial charge is 0.237 e. The van der Waals surface area contributed by atoms with E-state index >= 15 is 0 Å². The first-order valence-electron chi connectivity index (χ1n) is 8.79. The zero-order valence-electron chi connectivity index (χ0n) is 13.1. The number of carbonyl (C=O) groups is 1. The van der Waals surface area contributed by atoms with Crippen LogP contribution in [0.1, 0.15) is 37.7 Å². The molecular weight excluding hydrogens is 272 g/mol. The van der Waals surface area contributed by atoms with Gasteiger partial charge in [-0.1, -0.05) is 30.3 Å². The predicted octanol–water partition coefficient (Wildman–Crippen LogP) is 2.50. The molecule has 118 valence electrons. The Balaban J connectivity index is 1.37. The lowest BCUT2D eigenvalue weighted by Crippen LogP contribution is -2.58. The summed E-state index contributed by atoms with van der Waals surface area (Å²) in [7, 11) is 0. The first kappa shape index (κ1) is 14.3. The van der Waals surface area contributed by atoms with Crippen molar-refractivity contribution in [2.45, 2.75) is 50.6 Å². The van der Waals surface area contributed by atoms with Crippen LogP contribution in [0.15, 0.2) is 30.3 Å². The summed E-state index contributed by atoms with van der Waals surface area (Å²) in [4.78, 5) is 12.5. The van der Waals surface area contributed by atoms with Crippen molar-refractivity contribution >= 4 is 5.91 Å². The number of hydrogen-bond donors (Lipinski definition) is 2. The van der Waals surface area contributed by atoms with Gasteiger partial charge in [-0.15, -0.1) is 0 Å². The predicted molar refractivity (Wildman–Crippen MR) is 87.1 cm³/mol. The van der Waals surface area contributed by atoms with E-state index in [0.717, 1.165) is 17.4 Å². The Morgan fingerprint density at radius 3 is 2.23 bits per heavy atom. The van der Waals surface area contributed by atoms with Crippen LogP contribution in [-0.2, 0) is 11.2 Å². The number of hydrogen-bond acceptors (Lipinski definition) is 2. The molecule has 4 aliphatic carbocycles. The van der Waals surface area contributed by atoms with Crippen LogP contribution in [0.25, 0.3) is 0 Å². The fourth-order valence-electron chi connectivity index (χ4n) is 5.39. The van der Waals surface area contributed by atoms with E-state index in [0.29, 0.717) is 24.3 Å². The zero-order chi connectivity index (χ0) is 15.1. The van der Waals surface area contributed by atoms with E-state index in [1.165, 1.54) is 32.1 Å². The van der Waals surface area contributed by atoms with Gasteiger partial charge in [0.25, 0.3) is 0 Å². The minimum atomic E-state index is -0.431. The summed E-state index contributed by atoms with van der Waals surface area (Å²) in [5, 5.41) is 3.32. The molecule has 1 aromatic rings. The van der Waals surface area contributed by atoms with Crippen molar-refractivity contribution < 1.29 is 4.79 Å². The van der Waals surface area contributed by atoms with E-state index in [1.54, 1.807) is 0 Å². The third-order valence-electron chi connectivity index (χ3n) is 6.17. The largest absolute Gasteiger partial charge is 0.351 e. The molecule has 3 heteroatoms. The molecule has 4 bridgehead atoms. The molecule has 5 rings (SSSR count). The molecule has 0 aromatic heterocycles. The van der Waals surface area contributed by atoms with Gasteiger partial charge in [-0.25, -0.2) is 0 Å². The highest BCUT2D eigenvalue weighted by Gasteiger charge is 2.48. The number of nitrogens with one attached hydrogen (secondary N) is 1. The van der Waals surface area contributed by atoms with Gasteiger partial charge in [-0.05, 0) is 67.8 Å². The molecule has 1 aromatic carbocycles. The van der Waals surface area contributed by atoms with Crippen LogP contribution in [0, 0.1) is 23.7 Å². The molecular formula is C19H26N2O. The van der Waals surface area contributed by atoms with Crippen LogP contribution in [0.4, 0.5) is 0 Å². The molecule has 0 radical (unpaired) electrons. The topological polar surface area (TPSA) is 55.1 Å². The number of carbonyl (C=O) groups excluding carboxylic acids is 1. The van der Waals surface area contributed by atoms with Crippen molar-refractivity contribution in [1.29, 1.82) is 0 Å². The lowest BCUT2D eigenvalue weighted by molar-refractivity contribution is -0.126. The maximum Gasteiger partial charge on any atom is 0.237 e. The molecule has 0 saturated heterocycles. The lowest BCUT2D eigenvalue weighted by atomic mass is 9.54. The molecule has 4 fully saturated rings. The van der Waals surface area contributed by atoms with Crippen molar-refractivity contribution in [3.63, 3.8) is 0 Å². The fourth-order valence-corrected chi connectivity index (χ4v) is 5.39. The van der Waals surface area contributed by atoms with Crippen LogP contribution < -0.4 is 11.1 Å². The average Bonchev–Trinajstić information content (AvgIpc) is 2.51. The summed E-state index contributed by atoms with van der Waals surface area (Å²) in [5.41, 5.74) is 7.28. The summed E-state index contributed by atoms with van der Waals surface area (Å²) in [6.45, 7) is 0. The maximum atomic E-state index is 12.5. The van der Waals surface area contributed by atoms with Gasteiger partial charge in [0.05, 0.1) is 6.04 Å². The highest BCUT2D eigenvalue weighted by Crippen LogP contribution is 2.53. The highest BCUT2D eigenvalue weighted by molar-refractivity contribution is 5.82. The van der Waals surface area contributed by atoms with Gasteiger partial charge in [0.15, 0.2) is 0 Å². The molecule has 0 aliphatic heterocycles. The molecule has 0 heterocycles. The summed E-state index contributed by atoms with van der Waals surface area (Å²) in [6, 6.07) is 10.0. The highest BCUT2D eigenvalue weighted by atomic mass is 16.2. The number of benzene rings is 1. The Morgan fingerprint density at radius 1 is 1.05 bits per heavy atom. The first-order chi connectivity index (χ1) is 10.7. The molecule has 4 aliphatic rings. The van der Waals surface area contributed by atoms with Gasteiger partial charge < -0.3 is 11.1 Å². The summed E-state index contributed by atoms with van der Waals surface area (Å²) in [5.74, 6) is 3.34. The Morgan fingerprint density at radius 2 is 1.64 bits per heavy atom. The third-order valence-corrected chi connectivity index (χ3v) is 6.17. The Hall–Kier alpha value is -1.35. The van der Waals surface area contributed by atoms with Crippen LogP contribution >= 0.6 is 0 Å². The molecule has 22 heavy (non-hydrogen) atoms. The van der Waals surface area contributed by atoms with Crippen LogP contribution in [0.5, 0.6) is 0 Å². The van der Waals surface area contributed by atoms with Gasteiger partial charge in [0.1, 0.15) is 0 Å². The molecule has 0 unspecified atom stereocenters. The van der Waals surface area contributed by atoms with E-state index in [1.807, 2.05) is 30.3 Å². The van der Waals surface area contributed by atoms with E-state index in [4.69, 9.17) is 5.73 Å². The molecule has 3 nitrogen and oxygen atoms in total. The number of rotatable bonds is 4. The van der Waals surface area contributed by atoms with Gasteiger partial charge in [0.2, 0.25) is 5.91 Å². The molecule has 4 saturated carbocycles. The van der Waals surface area contributed by atoms with Crippen molar-refractivity contribution in [2.75, 3.05) is 0 Å². The van der Waals surface area contributed by atoms with Crippen molar-refractivity contribution in [2.24, 2.45) is 29.4 Å². The zero-order valence-corrected chi connectivity index (χ0v) is 13.1. The minimum absolute atomic E-state index is 0.0429. The van der Waals surface area contributed by atoms with E-state index in [-0.39, 0.29) is 5.91 Å². The van der Waals surface area contributed by atoms with Crippen molar-refractivity contribution in [1.82, 2.24) is 5.32 Å². The van der Waals surface area contributed by atoms with Crippen LogP contribution in [0.2, 0.25) is 0 Å². The average molecular weight is 298 g/mol. The summed E-state index contributed by atoms with van der Waals surface area (Å²) < 4.78 is 0. The normalized spacial score (nSPS) is 37.0. The molecule has 1 amide bonds. The van der Waals surface area contributed by atoms with E-state index in [2.05, 4.69) is 5.32 Å². The molecule has 1 atom stereocenters. The summed E-state index contributed by atoms with van der Waals surface area (Å²) >= 11 is 0. The standard InChI is InChI=1S/C19H26N2O/c20-17(11-12-4-2-1-3-5-12)19(22)21-18-15-7-13-6-14(9-15)10-16(18)8-13/h1-5,13-18H,6-11,20H2,(H,21,22)/t13?,14?,15?,16?,17-,18?/m1/s1. The second kappa shape index (κ2) is 5.69. The second-order valence-electron chi connectivity index (χ2n) is 7.76. The SMILES string of the molecule is N[C@H](Cc1ccccc1)C(=O)NC1C2CC3CC(C2)CC1C3. The maximum absolute atomic E-state index is 12.5. The Bertz CT molecular complexity index is 514. The van der Waals surface area contributed by atoms with Crippen LogP contribution in [-0.4, -0.2) is 18.0 Å². The van der Waals surface area contributed by atoms with Crippen molar-refractivity contribution in [3.05, 3.63) is 35.9 Å². The van der Waals surface area contributed by atoms with Gasteiger partial charge in [-0.2, -0.15) is 0 Å².